The molecule has 0 saturated carbocycles. The van der Waals surface area contributed by atoms with Crippen molar-refractivity contribution in [2.75, 3.05) is 13.1 Å². The molecule has 0 bridgehead atoms. The molecule has 22 heavy (non-hydrogen) atoms. The van der Waals surface area contributed by atoms with Gasteiger partial charge in [-0.25, -0.2) is 0 Å². The van der Waals surface area contributed by atoms with Gasteiger partial charge in [-0.3, -0.25) is 14.3 Å². The number of rotatable bonds is 3. The molecular formula is C13H17F3N4O2. The van der Waals surface area contributed by atoms with Crippen LogP contribution in [-0.2, 0) is 11.3 Å². The number of aromatic nitrogens is 2. The van der Waals surface area contributed by atoms with Gasteiger partial charge in [-0.05, 0) is 13.3 Å². The predicted octanol–water partition coefficient (Wildman–Crippen LogP) is 1.19. The average molecular weight is 318 g/mol. The van der Waals surface area contributed by atoms with Crippen molar-refractivity contribution in [3.63, 3.8) is 0 Å². The molecule has 1 aliphatic heterocycles. The van der Waals surface area contributed by atoms with Crippen molar-refractivity contribution in [3.05, 3.63) is 18.0 Å². The molecule has 0 unspecified atom stereocenters. The van der Waals surface area contributed by atoms with Crippen molar-refractivity contribution in [2.24, 2.45) is 0 Å². The Morgan fingerprint density at radius 1 is 1.50 bits per heavy atom. The minimum absolute atomic E-state index is 0.184. The highest BCUT2D eigenvalue weighted by Crippen LogP contribution is 2.20. The number of hydrogen-bond acceptors (Lipinski definition) is 3. The number of aryl methyl sites for hydroxylation is 1. The van der Waals surface area contributed by atoms with Crippen LogP contribution in [0.3, 0.4) is 0 Å². The van der Waals surface area contributed by atoms with Crippen LogP contribution in [0.5, 0.6) is 0 Å². The molecule has 0 aliphatic carbocycles. The third-order valence-electron chi connectivity index (χ3n) is 3.49. The van der Waals surface area contributed by atoms with Gasteiger partial charge < -0.3 is 10.2 Å². The van der Waals surface area contributed by atoms with E-state index in [0.717, 1.165) is 4.68 Å². The number of carbonyl (C=O) groups excluding carboxylic acids is 2. The van der Waals surface area contributed by atoms with Crippen LogP contribution in [0.4, 0.5) is 13.2 Å². The lowest BCUT2D eigenvalue weighted by Crippen LogP contribution is -2.45. The summed E-state index contributed by atoms with van der Waals surface area (Å²) < 4.78 is 37.6. The maximum Gasteiger partial charge on any atom is 0.390 e. The van der Waals surface area contributed by atoms with E-state index in [4.69, 9.17) is 0 Å². The molecule has 1 aromatic rings. The molecule has 1 atom stereocenters. The SMILES string of the molecule is C[C@H]1C(=O)NCCCN1C(=O)c1cnn(CCC(F)(F)F)c1. The summed E-state index contributed by atoms with van der Waals surface area (Å²) in [6.45, 7) is 2.18. The molecule has 1 aliphatic rings. The topological polar surface area (TPSA) is 67.2 Å². The molecule has 6 nitrogen and oxygen atoms in total. The quantitative estimate of drug-likeness (QED) is 0.910. The van der Waals surface area contributed by atoms with Crippen molar-refractivity contribution < 1.29 is 22.8 Å². The summed E-state index contributed by atoms with van der Waals surface area (Å²) in [5, 5.41) is 6.47. The summed E-state index contributed by atoms with van der Waals surface area (Å²) in [7, 11) is 0. The second kappa shape index (κ2) is 6.37. The zero-order valence-corrected chi connectivity index (χ0v) is 12.1. The van der Waals surface area contributed by atoms with Crippen molar-refractivity contribution in [3.8, 4) is 0 Å². The number of halogens is 3. The number of carbonyl (C=O) groups is 2. The van der Waals surface area contributed by atoms with Gasteiger partial charge in [0.05, 0.1) is 18.2 Å². The van der Waals surface area contributed by atoms with Crippen molar-refractivity contribution in [1.29, 1.82) is 0 Å². The highest BCUT2D eigenvalue weighted by atomic mass is 19.4. The molecular weight excluding hydrogens is 301 g/mol. The lowest BCUT2D eigenvalue weighted by atomic mass is 10.2. The first-order chi connectivity index (χ1) is 10.3. The van der Waals surface area contributed by atoms with E-state index in [1.165, 1.54) is 17.3 Å². The zero-order valence-electron chi connectivity index (χ0n) is 12.1. The van der Waals surface area contributed by atoms with Crippen molar-refractivity contribution >= 4 is 11.8 Å². The van der Waals surface area contributed by atoms with Gasteiger partial charge in [-0.1, -0.05) is 0 Å². The smallest absolute Gasteiger partial charge is 0.354 e. The van der Waals surface area contributed by atoms with Gasteiger partial charge in [0.1, 0.15) is 6.04 Å². The number of alkyl halides is 3. The number of amides is 2. The van der Waals surface area contributed by atoms with E-state index < -0.39 is 24.5 Å². The normalized spacial score (nSPS) is 19.7. The fourth-order valence-electron chi connectivity index (χ4n) is 2.22. The Bertz CT molecular complexity index is 556. The molecule has 2 rings (SSSR count). The van der Waals surface area contributed by atoms with Crippen LogP contribution < -0.4 is 5.32 Å². The molecule has 0 spiro atoms. The van der Waals surface area contributed by atoms with Crippen LogP contribution in [0.2, 0.25) is 0 Å². The summed E-state index contributed by atoms with van der Waals surface area (Å²) in [5.74, 6) is -0.641. The van der Waals surface area contributed by atoms with E-state index in [-0.39, 0.29) is 18.0 Å². The third kappa shape index (κ3) is 3.99. The van der Waals surface area contributed by atoms with E-state index in [2.05, 4.69) is 10.4 Å². The Labute approximate surface area is 125 Å². The van der Waals surface area contributed by atoms with Gasteiger partial charge in [-0.15, -0.1) is 0 Å². The molecule has 1 N–H and O–H groups in total. The van der Waals surface area contributed by atoms with Gasteiger partial charge >= 0.3 is 6.18 Å². The third-order valence-corrected chi connectivity index (χ3v) is 3.49. The first-order valence-electron chi connectivity index (χ1n) is 6.96. The molecule has 1 fully saturated rings. The van der Waals surface area contributed by atoms with Crippen LogP contribution >= 0.6 is 0 Å². The summed E-state index contributed by atoms with van der Waals surface area (Å²) in [6.07, 6.45) is -2.14. The monoisotopic (exact) mass is 318 g/mol. The number of hydrogen-bond donors (Lipinski definition) is 1. The molecule has 1 aromatic heterocycles. The first-order valence-corrected chi connectivity index (χ1v) is 6.96. The summed E-state index contributed by atoms with van der Waals surface area (Å²) in [6, 6.07) is -0.617. The number of nitrogens with one attached hydrogen (secondary N) is 1. The van der Waals surface area contributed by atoms with Crippen LogP contribution in [0.15, 0.2) is 12.4 Å². The maximum atomic E-state index is 12.4. The molecule has 2 amide bonds. The first kappa shape index (κ1) is 16.3. The predicted molar refractivity (Wildman–Crippen MR) is 71.0 cm³/mol. The molecule has 122 valence electrons. The molecule has 0 aromatic carbocycles. The Balaban J connectivity index is 2.06. The standard InChI is InChI=1S/C13H17F3N4O2/c1-9-11(21)17-4-2-5-20(9)12(22)10-7-18-19(8-10)6-3-13(14,15)16/h7-9H,2-6H2,1H3,(H,17,21)/t9-/m0/s1. The highest BCUT2D eigenvalue weighted by Gasteiger charge is 2.30. The van der Waals surface area contributed by atoms with E-state index >= 15 is 0 Å². The fraction of sp³-hybridized carbons (Fsp3) is 0.615. The Morgan fingerprint density at radius 2 is 2.23 bits per heavy atom. The molecule has 0 radical (unpaired) electrons. The minimum atomic E-state index is -4.27. The van der Waals surface area contributed by atoms with Gasteiger partial charge in [0, 0.05) is 25.8 Å². The highest BCUT2D eigenvalue weighted by molar-refractivity contribution is 5.97. The minimum Gasteiger partial charge on any atom is -0.354 e. The fourth-order valence-corrected chi connectivity index (χ4v) is 2.22. The molecule has 9 heteroatoms. The van der Waals surface area contributed by atoms with Crippen LogP contribution in [-0.4, -0.2) is 51.8 Å². The van der Waals surface area contributed by atoms with E-state index in [1.54, 1.807) is 6.92 Å². The zero-order chi connectivity index (χ0) is 16.3. The van der Waals surface area contributed by atoms with Crippen LogP contribution in [0, 0.1) is 0 Å². The van der Waals surface area contributed by atoms with E-state index in [1.807, 2.05) is 0 Å². The second-order valence-electron chi connectivity index (χ2n) is 5.18. The second-order valence-corrected chi connectivity index (χ2v) is 5.18. The van der Waals surface area contributed by atoms with Gasteiger partial charge in [0.2, 0.25) is 5.91 Å². The molecule has 2 heterocycles. The van der Waals surface area contributed by atoms with Gasteiger partial charge in [0.25, 0.3) is 5.91 Å². The van der Waals surface area contributed by atoms with E-state index in [0.29, 0.717) is 19.5 Å². The summed E-state index contributed by atoms with van der Waals surface area (Å²) in [4.78, 5) is 25.5. The van der Waals surface area contributed by atoms with Gasteiger partial charge in [-0.2, -0.15) is 18.3 Å². The van der Waals surface area contributed by atoms with Crippen LogP contribution in [0.1, 0.15) is 30.1 Å². The maximum absolute atomic E-state index is 12.4. The van der Waals surface area contributed by atoms with Crippen LogP contribution in [0.25, 0.3) is 0 Å². The number of nitrogens with zero attached hydrogens (tertiary/aromatic N) is 3. The van der Waals surface area contributed by atoms with Gasteiger partial charge in [0.15, 0.2) is 0 Å². The lowest BCUT2D eigenvalue weighted by molar-refractivity contribution is -0.137. The molecule has 1 saturated heterocycles. The Morgan fingerprint density at radius 3 is 2.91 bits per heavy atom. The summed E-state index contributed by atoms with van der Waals surface area (Å²) in [5.41, 5.74) is 0.184. The average Bonchev–Trinajstić information content (AvgIpc) is 2.85. The van der Waals surface area contributed by atoms with E-state index in [9.17, 15) is 22.8 Å². The van der Waals surface area contributed by atoms with Crippen molar-refractivity contribution in [1.82, 2.24) is 20.0 Å². The largest absolute Gasteiger partial charge is 0.390 e. The Kier molecular flexibility index (Phi) is 4.72. The summed E-state index contributed by atoms with van der Waals surface area (Å²) >= 11 is 0. The lowest BCUT2D eigenvalue weighted by Gasteiger charge is -2.24. The Hall–Kier alpha value is -2.06. The van der Waals surface area contributed by atoms with Crippen molar-refractivity contribution in [2.45, 2.75) is 38.5 Å².